The van der Waals surface area contributed by atoms with Crippen LogP contribution in [0, 0.1) is 27.7 Å². The second kappa shape index (κ2) is 5.95. The number of hydrogen-bond acceptors (Lipinski definition) is 3. The minimum atomic E-state index is 0.968. The van der Waals surface area contributed by atoms with Crippen LogP contribution in [-0.2, 0) is 0 Å². The maximum absolute atomic E-state index is 4.17. The third-order valence-electron chi connectivity index (χ3n) is 1.94. The molecule has 0 amide bonds. The molecule has 0 aromatic carbocycles. The monoisotopic (exact) mass is 215 g/mol. The third kappa shape index (κ3) is 4.64. The summed E-state index contributed by atoms with van der Waals surface area (Å²) < 4.78 is 0. The van der Waals surface area contributed by atoms with Gasteiger partial charge in [0.25, 0.3) is 0 Å². The van der Waals surface area contributed by atoms with E-state index < -0.39 is 0 Å². The van der Waals surface area contributed by atoms with Gasteiger partial charge in [-0.2, -0.15) is 0 Å². The summed E-state index contributed by atoms with van der Waals surface area (Å²) in [4.78, 5) is 12.2. The molecule has 0 saturated carbocycles. The van der Waals surface area contributed by atoms with Crippen molar-refractivity contribution in [1.82, 2.24) is 15.0 Å². The highest BCUT2D eigenvalue weighted by atomic mass is 14.8. The fraction of sp³-hybridized carbons (Fsp3) is 0.308. The molecule has 0 bridgehead atoms. The lowest BCUT2D eigenvalue weighted by Crippen LogP contribution is -1.84. The number of rotatable bonds is 0. The number of hydrogen-bond donors (Lipinski definition) is 0. The minimum absolute atomic E-state index is 0.968. The van der Waals surface area contributed by atoms with Crippen LogP contribution in [0.5, 0.6) is 0 Å². The van der Waals surface area contributed by atoms with Gasteiger partial charge in [-0.1, -0.05) is 6.07 Å². The molecule has 2 heterocycles. The predicted octanol–water partition coefficient (Wildman–Crippen LogP) is 2.79. The van der Waals surface area contributed by atoms with Crippen molar-refractivity contribution in [3.8, 4) is 0 Å². The van der Waals surface area contributed by atoms with E-state index in [1.165, 1.54) is 0 Å². The molecule has 84 valence electrons. The summed E-state index contributed by atoms with van der Waals surface area (Å²) in [6.07, 6.45) is 3.52. The molecule has 2 aromatic heterocycles. The topological polar surface area (TPSA) is 38.7 Å². The first-order valence-corrected chi connectivity index (χ1v) is 5.23. The molecule has 16 heavy (non-hydrogen) atoms. The normalized spacial score (nSPS) is 9.25. The van der Waals surface area contributed by atoms with Gasteiger partial charge in [0.2, 0.25) is 0 Å². The van der Waals surface area contributed by atoms with Crippen molar-refractivity contribution >= 4 is 0 Å². The fourth-order valence-corrected chi connectivity index (χ4v) is 1.14. The molecule has 0 aliphatic heterocycles. The summed E-state index contributed by atoms with van der Waals surface area (Å²) in [6, 6.07) is 6.00. The zero-order valence-electron chi connectivity index (χ0n) is 10.2. The van der Waals surface area contributed by atoms with Crippen LogP contribution >= 0.6 is 0 Å². The van der Waals surface area contributed by atoms with Gasteiger partial charge in [0.05, 0.1) is 11.4 Å². The van der Waals surface area contributed by atoms with Gasteiger partial charge in [0, 0.05) is 23.8 Å². The van der Waals surface area contributed by atoms with E-state index in [1.54, 1.807) is 12.4 Å². The van der Waals surface area contributed by atoms with Gasteiger partial charge in [-0.3, -0.25) is 15.0 Å². The van der Waals surface area contributed by atoms with E-state index in [0.29, 0.717) is 0 Å². The van der Waals surface area contributed by atoms with Gasteiger partial charge >= 0.3 is 0 Å². The van der Waals surface area contributed by atoms with Crippen LogP contribution in [0.4, 0.5) is 0 Å². The summed E-state index contributed by atoms with van der Waals surface area (Å²) in [6.45, 7) is 7.83. The van der Waals surface area contributed by atoms with Gasteiger partial charge in [-0.15, -0.1) is 0 Å². The summed E-state index contributed by atoms with van der Waals surface area (Å²) >= 11 is 0. The lowest BCUT2D eigenvalue weighted by molar-refractivity contribution is 1.06. The van der Waals surface area contributed by atoms with E-state index in [-0.39, 0.29) is 0 Å². The van der Waals surface area contributed by atoms with Crippen LogP contribution in [0.1, 0.15) is 22.8 Å². The Bertz CT molecular complexity index is 397. The van der Waals surface area contributed by atoms with Crippen molar-refractivity contribution in [3.05, 3.63) is 53.4 Å². The standard InChI is InChI=1S/C7H9N.C6H8N2/c1-6-4-3-5-7(2)8-6;1-5-3-8-6(2)4-7-5/h3-5H,1-2H3;3-4H,1-2H3. The van der Waals surface area contributed by atoms with Crippen molar-refractivity contribution in [2.45, 2.75) is 27.7 Å². The first-order valence-electron chi connectivity index (χ1n) is 5.23. The van der Waals surface area contributed by atoms with Crippen molar-refractivity contribution in [2.24, 2.45) is 0 Å². The number of aromatic nitrogens is 3. The molecule has 2 aromatic rings. The molecule has 0 aliphatic rings. The van der Waals surface area contributed by atoms with Gasteiger partial charge in [0.15, 0.2) is 0 Å². The van der Waals surface area contributed by atoms with E-state index in [4.69, 9.17) is 0 Å². The second-order valence-corrected chi connectivity index (χ2v) is 3.72. The van der Waals surface area contributed by atoms with Gasteiger partial charge < -0.3 is 0 Å². The summed E-state index contributed by atoms with van der Waals surface area (Å²) in [5.74, 6) is 0. The Hall–Kier alpha value is -1.77. The Morgan fingerprint density at radius 1 is 0.688 bits per heavy atom. The Labute approximate surface area is 96.6 Å². The Morgan fingerprint density at radius 2 is 1.12 bits per heavy atom. The largest absolute Gasteiger partial charge is 0.258 e. The molecular formula is C13H17N3. The highest BCUT2D eigenvalue weighted by molar-refractivity contribution is 5.07. The van der Waals surface area contributed by atoms with Crippen molar-refractivity contribution in [1.29, 1.82) is 0 Å². The smallest absolute Gasteiger partial charge is 0.0555 e. The lowest BCUT2D eigenvalue weighted by Gasteiger charge is -1.90. The quantitative estimate of drug-likeness (QED) is 0.678. The van der Waals surface area contributed by atoms with E-state index in [2.05, 4.69) is 15.0 Å². The van der Waals surface area contributed by atoms with Gasteiger partial charge in [-0.25, -0.2) is 0 Å². The molecule has 0 atom stereocenters. The number of nitrogens with zero attached hydrogens (tertiary/aromatic N) is 3. The van der Waals surface area contributed by atoms with Crippen LogP contribution in [0.25, 0.3) is 0 Å². The van der Waals surface area contributed by atoms with Crippen LogP contribution < -0.4 is 0 Å². The number of aryl methyl sites for hydroxylation is 4. The molecule has 0 saturated heterocycles. The molecule has 3 nitrogen and oxygen atoms in total. The minimum Gasteiger partial charge on any atom is -0.258 e. The SMILES string of the molecule is Cc1cccc(C)n1.Cc1cnc(C)cn1. The lowest BCUT2D eigenvalue weighted by atomic mass is 10.3. The molecule has 0 N–H and O–H groups in total. The maximum Gasteiger partial charge on any atom is 0.0555 e. The average Bonchev–Trinajstić information content (AvgIpc) is 2.23. The third-order valence-corrected chi connectivity index (χ3v) is 1.94. The van der Waals surface area contributed by atoms with E-state index in [1.807, 2.05) is 45.9 Å². The van der Waals surface area contributed by atoms with Crippen molar-refractivity contribution in [3.63, 3.8) is 0 Å². The summed E-state index contributed by atoms with van der Waals surface area (Å²) in [5.41, 5.74) is 4.11. The average molecular weight is 215 g/mol. The molecule has 0 spiro atoms. The second-order valence-electron chi connectivity index (χ2n) is 3.72. The highest BCUT2D eigenvalue weighted by Crippen LogP contribution is 1.93. The molecule has 0 aliphatic carbocycles. The molecule has 3 heteroatoms. The zero-order chi connectivity index (χ0) is 12.0. The number of pyridine rings is 1. The molecule has 2 rings (SSSR count). The van der Waals surface area contributed by atoms with Crippen LogP contribution in [0.3, 0.4) is 0 Å². The molecule has 0 radical (unpaired) electrons. The highest BCUT2D eigenvalue weighted by Gasteiger charge is 1.83. The van der Waals surface area contributed by atoms with E-state index >= 15 is 0 Å². The van der Waals surface area contributed by atoms with Gasteiger partial charge in [0.1, 0.15) is 0 Å². The maximum atomic E-state index is 4.17. The predicted molar refractivity (Wildman–Crippen MR) is 65.2 cm³/mol. The van der Waals surface area contributed by atoms with Gasteiger partial charge in [-0.05, 0) is 39.8 Å². The Kier molecular flexibility index (Phi) is 4.58. The van der Waals surface area contributed by atoms with E-state index in [9.17, 15) is 0 Å². The zero-order valence-corrected chi connectivity index (χ0v) is 10.2. The molecule has 0 fully saturated rings. The molecular weight excluding hydrogens is 198 g/mol. The first-order chi connectivity index (χ1) is 7.58. The van der Waals surface area contributed by atoms with Crippen molar-refractivity contribution in [2.75, 3.05) is 0 Å². The van der Waals surface area contributed by atoms with Crippen molar-refractivity contribution < 1.29 is 0 Å². The summed E-state index contributed by atoms with van der Waals surface area (Å²) in [5, 5.41) is 0. The fourth-order valence-electron chi connectivity index (χ4n) is 1.14. The van der Waals surface area contributed by atoms with Crippen LogP contribution in [0.15, 0.2) is 30.6 Å². The molecule has 0 unspecified atom stereocenters. The first kappa shape index (κ1) is 12.3. The van der Waals surface area contributed by atoms with Crippen LogP contribution in [-0.4, -0.2) is 15.0 Å². The summed E-state index contributed by atoms with van der Waals surface area (Å²) in [7, 11) is 0. The Morgan fingerprint density at radius 3 is 1.38 bits per heavy atom. The van der Waals surface area contributed by atoms with Crippen LogP contribution in [0.2, 0.25) is 0 Å². The Balaban J connectivity index is 0.000000160. The van der Waals surface area contributed by atoms with E-state index in [0.717, 1.165) is 22.8 Å².